The molecule has 2 saturated heterocycles. The van der Waals surface area contributed by atoms with Crippen molar-refractivity contribution >= 4 is 17.8 Å². The van der Waals surface area contributed by atoms with Crippen LogP contribution in [-0.4, -0.2) is 55.2 Å². The van der Waals surface area contributed by atoms with Crippen molar-refractivity contribution in [2.24, 2.45) is 5.41 Å². The Morgan fingerprint density at radius 2 is 2.06 bits per heavy atom. The molecule has 1 saturated carbocycles. The fraction of sp³-hybridized carbons (Fsp3) is 0.727. The molecule has 1 spiro atoms. The summed E-state index contributed by atoms with van der Waals surface area (Å²) in [5.41, 5.74) is -0.983. The first kappa shape index (κ1) is 11.6. The van der Waals surface area contributed by atoms with E-state index in [-0.39, 0.29) is 12.6 Å². The minimum Gasteiger partial charge on any atom is -0.376 e. The van der Waals surface area contributed by atoms with E-state index in [1.807, 2.05) is 0 Å². The first-order chi connectivity index (χ1) is 8.63. The smallest absolute Gasteiger partial charge is 0.330 e. The number of nitrogens with one attached hydrogen (secondary N) is 1. The molecule has 7 nitrogen and oxygen atoms in total. The standard InChI is InChI=1S/C11H14N2O5/c14-8-11(1-2-11)9(15)13(10(16)12-8)5-7-6-17-3-4-18-7/h7H,1-6H2,(H,12,14,16). The Morgan fingerprint density at radius 3 is 2.67 bits per heavy atom. The molecule has 0 bridgehead atoms. The third-order valence-electron chi connectivity index (χ3n) is 3.58. The fourth-order valence-electron chi connectivity index (χ4n) is 2.31. The summed E-state index contributed by atoms with van der Waals surface area (Å²) in [5, 5.41) is 2.23. The zero-order valence-corrected chi connectivity index (χ0v) is 9.81. The van der Waals surface area contributed by atoms with E-state index in [9.17, 15) is 14.4 Å². The van der Waals surface area contributed by atoms with Crippen molar-refractivity contribution in [3.63, 3.8) is 0 Å². The zero-order chi connectivity index (χ0) is 12.8. The second-order valence-corrected chi connectivity index (χ2v) is 4.82. The summed E-state index contributed by atoms with van der Waals surface area (Å²) in [6, 6.07) is -0.656. The highest BCUT2D eigenvalue weighted by molar-refractivity contribution is 6.20. The van der Waals surface area contributed by atoms with Crippen molar-refractivity contribution in [1.29, 1.82) is 0 Å². The average Bonchev–Trinajstić information content (AvgIpc) is 3.16. The van der Waals surface area contributed by atoms with Gasteiger partial charge in [0.25, 0.3) is 0 Å². The minimum atomic E-state index is -0.983. The van der Waals surface area contributed by atoms with Crippen LogP contribution in [0.1, 0.15) is 12.8 Å². The van der Waals surface area contributed by atoms with E-state index in [0.29, 0.717) is 32.7 Å². The largest absolute Gasteiger partial charge is 0.376 e. The molecule has 0 aromatic rings. The van der Waals surface area contributed by atoms with Gasteiger partial charge >= 0.3 is 6.03 Å². The Morgan fingerprint density at radius 1 is 1.28 bits per heavy atom. The number of imide groups is 2. The van der Waals surface area contributed by atoms with Crippen LogP contribution in [0.5, 0.6) is 0 Å². The number of amides is 4. The van der Waals surface area contributed by atoms with Crippen molar-refractivity contribution in [2.45, 2.75) is 18.9 Å². The quantitative estimate of drug-likeness (QED) is 0.656. The van der Waals surface area contributed by atoms with Crippen molar-refractivity contribution < 1.29 is 23.9 Å². The molecule has 7 heteroatoms. The van der Waals surface area contributed by atoms with Crippen LogP contribution in [0.25, 0.3) is 0 Å². The number of rotatable bonds is 2. The lowest BCUT2D eigenvalue weighted by Crippen LogP contribution is -2.61. The van der Waals surface area contributed by atoms with Crippen LogP contribution in [0.15, 0.2) is 0 Å². The molecule has 1 N–H and O–H groups in total. The Labute approximate surface area is 103 Å². The Hall–Kier alpha value is -1.47. The minimum absolute atomic E-state index is 0.139. The van der Waals surface area contributed by atoms with Gasteiger partial charge in [-0.2, -0.15) is 0 Å². The van der Waals surface area contributed by atoms with Crippen LogP contribution in [-0.2, 0) is 19.1 Å². The molecule has 2 aliphatic heterocycles. The van der Waals surface area contributed by atoms with Gasteiger partial charge in [-0.05, 0) is 12.8 Å². The number of hydrogen-bond acceptors (Lipinski definition) is 5. The van der Waals surface area contributed by atoms with Crippen molar-refractivity contribution in [1.82, 2.24) is 10.2 Å². The molecule has 18 heavy (non-hydrogen) atoms. The fourth-order valence-corrected chi connectivity index (χ4v) is 2.31. The van der Waals surface area contributed by atoms with E-state index in [2.05, 4.69) is 5.32 Å². The highest BCUT2D eigenvalue weighted by atomic mass is 16.6. The summed E-state index contributed by atoms with van der Waals surface area (Å²) in [6.45, 7) is 1.48. The summed E-state index contributed by atoms with van der Waals surface area (Å²) in [7, 11) is 0. The number of barbiturate groups is 1. The molecule has 1 unspecified atom stereocenters. The predicted molar refractivity (Wildman–Crippen MR) is 57.5 cm³/mol. The van der Waals surface area contributed by atoms with Gasteiger partial charge in [-0.25, -0.2) is 4.79 Å². The molecule has 2 heterocycles. The molecule has 0 aromatic heterocycles. The highest BCUT2D eigenvalue weighted by Crippen LogP contribution is 2.48. The van der Waals surface area contributed by atoms with E-state index in [0.717, 1.165) is 4.90 Å². The van der Waals surface area contributed by atoms with Gasteiger partial charge in [-0.3, -0.25) is 19.8 Å². The van der Waals surface area contributed by atoms with Crippen molar-refractivity contribution in [3.05, 3.63) is 0 Å². The lowest BCUT2D eigenvalue weighted by molar-refractivity contribution is -0.148. The normalized spacial score (nSPS) is 30.6. The number of nitrogens with zero attached hydrogens (tertiary/aromatic N) is 1. The first-order valence-electron chi connectivity index (χ1n) is 6.00. The number of carbonyl (C=O) groups is 3. The topological polar surface area (TPSA) is 84.9 Å². The maximum Gasteiger partial charge on any atom is 0.330 e. The second kappa shape index (κ2) is 4.03. The molecule has 1 aliphatic carbocycles. The average molecular weight is 254 g/mol. The third kappa shape index (κ3) is 1.70. The number of urea groups is 1. The van der Waals surface area contributed by atoms with Gasteiger partial charge in [0.2, 0.25) is 11.8 Å². The third-order valence-corrected chi connectivity index (χ3v) is 3.58. The van der Waals surface area contributed by atoms with Gasteiger partial charge in [-0.1, -0.05) is 0 Å². The number of carbonyl (C=O) groups excluding carboxylic acids is 3. The van der Waals surface area contributed by atoms with E-state index < -0.39 is 23.3 Å². The summed E-state index contributed by atoms with van der Waals surface area (Å²) < 4.78 is 10.6. The van der Waals surface area contributed by atoms with Gasteiger partial charge < -0.3 is 9.47 Å². The van der Waals surface area contributed by atoms with Crippen LogP contribution >= 0.6 is 0 Å². The summed E-state index contributed by atoms with van der Waals surface area (Å²) in [6.07, 6.45) is 0.727. The van der Waals surface area contributed by atoms with Crippen LogP contribution in [0.4, 0.5) is 4.79 Å². The van der Waals surface area contributed by atoms with Crippen LogP contribution in [0, 0.1) is 5.41 Å². The SMILES string of the molecule is O=C1NC(=O)C2(CC2)C(=O)N1CC1COCCO1. The summed E-state index contributed by atoms with van der Waals surface area (Å²) in [4.78, 5) is 36.5. The van der Waals surface area contributed by atoms with Gasteiger partial charge in [0.15, 0.2) is 0 Å². The summed E-state index contributed by atoms with van der Waals surface area (Å²) in [5.74, 6) is -0.861. The van der Waals surface area contributed by atoms with Gasteiger partial charge in [0, 0.05) is 0 Å². The maximum absolute atomic E-state index is 12.2. The van der Waals surface area contributed by atoms with Crippen LogP contribution < -0.4 is 5.32 Å². The Kier molecular flexibility index (Phi) is 2.60. The lowest BCUT2D eigenvalue weighted by Gasteiger charge is -2.33. The van der Waals surface area contributed by atoms with E-state index >= 15 is 0 Å². The van der Waals surface area contributed by atoms with Crippen LogP contribution in [0.2, 0.25) is 0 Å². The predicted octanol–water partition coefficient (Wildman–Crippen LogP) is -0.740. The molecule has 0 radical (unpaired) electrons. The molecule has 3 fully saturated rings. The van der Waals surface area contributed by atoms with E-state index in [1.54, 1.807) is 0 Å². The molecule has 0 aromatic carbocycles. The molecule has 3 rings (SSSR count). The molecule has 98 valence electrons. The number of hydrogen-bond donors (Lipinski definition) is 1. The molecule has 1 atom stereocenters. The molecular formula is C11H14N2O5. The number of ether oxygens (including phenoxy) is 2. The van der Waals surface area contributed by atoms with E-state index in [1.165, 1.54) is 0 Å². The second-order valence-electron chi connectivity index (χ2n) is 4.82. The van der Waals surface area contributed by atoms with Crippen LogP contribution in [0.3, 0.4) is 0 Å². The van der Waals surface area contributed by atoms with Gasteiger partial charge in [0.1, 0.15) is 5.41 Å². The lowest BCUT2D eigenvalue weighted by atomic mass is 10.0. The molecule has 4 amide bonds. The Bertz CT molecular complexity index is 412. The zero-order valence-electron chi connectivity index (χ0n) is 9.81. The molecular weight excluding hydrogens is 240 g/mol. The van der Waals surface area contributed by atoms with Crippen molar-refractivity contribution in [2.75, 3.05) is 26.4 Å². The maximum atomic E-state index is 12.2. The summed E-state index contributed by atoms with van der Waals surface area (Å²) >= 11 is 0. The van der Waals surface area contributed by atoms with E-state index in [4.69, 9.17) is 9.47 Å². The van der Waals surface area contributed by atoms with Gasteiger partial charge in [-0.15, -0.1) is 0 Å². The Balaban J connectivity index is 1.72. The highest BCUT2D eigenvalue weighted by Gasteiger charge is 2.62. The molecule has 3 aliphatic rings. The van der Waals surface area contributed by atoms with Gasteiger partial charge in [0.05, 0.1) is 32.5 Å². The first-order valence-corrected chi connectivity index (χ1v) is 6.00. The van der Waals surface area contributed by atoms with Crippen molar-refractivity contribution in [3.8, 4) is 0 Å². The monoisotopic (exact) mass is 254 g/mol.